The first-order valence-corrected chi connectivity index (χ1v) is 8.82. The van der Waals surface area contributed by atoms with E-state index in [0.29, 0.717) is 16.7 Å². The topological polar surface area (TPSA) is 37.3 Å². The number of rotatable bonds is 6. The molecule has 1 aromatic carbocycles. The molecule has 0 amide bonds. The summed E-state index contributed by atoms with van der Waals surface area (Å²) in [5.41, 5.74) is 1.08. The van der Waals surface area contributed by atoms with E-state index in [1.54, 1.807) is 0 Å². The molecular weight excluding hydrogens is 296 g/mol. The number of ketones is 1. The first-order valence-electron chi connectivity index (χ1n) is 8.44. The average molecular weight is 323 g/mol. The van der Waals surface area contributed by atoms with Gasteiger partial charge >= 0.3 is 0 Å². The quantitative estimate of drug-likeness (QED) is 0.802. The van der Waals surface area contributed by atoms with Gasteiger partial charge in [0.05, 0.1) is 6.10 Å². The Kier molecular flexibility index (Phi) is 6.46. The Labute approximate surface area is 138 Å². The van der Waals surface area contributed by atoms with Crippen molar-refractivity contribution in [3.05, 3.63) is 34.9 Å². The Bertz CT molecular complexity index is 473. The minimum atomic E-state index is -0.111. The van der Waals surface area contributed by atoms with E-state index < -0.39 is 0 Å². The van der Waals surface area contributed by atoms with Crippen molar-refractivity contribution in [2.45, 2.75) is 64.4 Å². The molecule has 0 spiro atoms. The third kappa shape index (κ3) is 4.82. The summed E-state index contributed by atoms with van der Waals surface area (Å²) in [6.07, 6.45) is 5.86. The van der Waals surface area contributed by atoms with Crippen molar-refractivity contribution in [3.8, 4) is 0 Å². The number of hydrogen-bond donors (Lipinski definition) is 1. The van der Waals surface area contributed by atoms with E-state index in [-0.39, 0.29) is 17.9 Å². The summed E-state index contributed by atoms with van der Waals surface area (Å²) in [6, 6.07) is 7.71. The Hall–Kier alpha value is -0.860. The van der Waals surface area contributed by atoms with E-state index in [1.807, 2.05) is 38.1 Å². The van der Waals surface area contributed by atoms with Gasteiger partial charge in [0.2, 0.25) is 0 Å². The van der Waals surface area contributed by atoms with Gasteiger partial charge < -0.3 is 5.11 Å². The lowest BCUT2D eigenvalue weighted by atomic mass is 9.79. The molecule has 3 heteroatoms. The van der Waals surface area contributed by atoms with Crippen molar-refractivity contribution >= 4 is 17.4 Å². The highest BCUT2D eigenvalue weighted by Gasteiger charge is 2.26. The highest BCUT2D eigenvalue weighted by atomic mass is 35.5. The van der Waals surface area contributed by atoms with Gasteiger partial charge in [0.1, 0.15) is 5.78 Å². The average Bonchev–Trinajstić information content (AvgIpc) is 2.50. The van der Waals surface area contributed by atoms with Crippen LogP contribution in [0, 0.1) is 11.8 Å². The van der Waals surface area contributed by atoms with Gasteiger partial charge in [-0.2, -0.15) is 0 Å². The SMILES string of the molecule is CC(C)C(=O)C(CCC1CCC(O)CC1)c1ccc(Cl)cc1. The van der Waals surface area contributed by atoms with Crippen molar-refractivity contribution in [3.63, 3.8) is 0 Å². The van der Waals surface area contributed by atoms with Gasteiger partial charge in [0.15, 0.2) is 0 Å². The summed E-state index contributed by atoms with van der Waals surface area (Å²) >= 11 is 5.96. The number of carbonyl (C=O) groups excluding carboxylic acids is 1. The third-order valence-electron chi connectivity index (χ3n) is 4.86. The smallest absolute Gasteiger partial charge is 0.142 e. The van der Waals surface area contributed by atoms with Gasteiger partial charge in [-0.15, -0.1) is 0 Å². The zero-order valence-corrected chi connectivity index (χ0v) is 14.4. The first-order chi connectivity index (χ1) is 10.5. The molecule has 1 atom stereocenters. The van der Waals surface area contributed by atoms with Crippen molar-refractivity contribution in [2.24, 2.45) is 11.8 Å². The zero-order valence-electron chi connectivity index (χ0n) is 13.6. The Balaban J connectivity index is 2.02. The molecule has 1 unspecified atom stereocenters. The highest BCUT2D eigenvalue weighted by Crippen LogP contribution is 2.33. The third-order valence-corrected chi connectivity index (χ3v) is 5.12. The van der Waals surface area contributed by atoms with E-state index in [0.717, 1.165) is 44.1 Å². The Morgan fingerprint density at radius 1 is 1.18 bits per heavy atom. The lowest BCUT2D eigenvalue weighted by Crippen LogP contribution is -2.22. The fourth-order valence-corrected chi connectivity index (χ4v) is 3.53. The molecule has 22 heavy (non-hydrogen) atoms. The largest absolute Gasteiger partial charge is 0.393 e. The van der Waals surface area contributed by atoms with Crippen LogP contribution in [0.25, 0.3) is 0 Å². The van der Waals surface area contributed by atoms with Crippen LogP contribution in [0.15, 0.2) is 24.3 Å². The van der Waals surface area contributed by atoms with Gasteiger partial charge in [-0.1, -0.05) is 37.6 Å². The van der Waals surface area contributed by atoms with Crippen LogP contribution in [0.5, 0.6) is 0 Å². The maximum atomic E-state index is 12.6. The number of Topliss-reactive ketones (excluding diaryl/α,β-unsaturated/α-hetero) is 1. The zero-order chi connectivity index (χ0) is 16.1. The molecule has 2 rings (SSSR count). The van der Waals surface area contributed by atoms with Crippen LogP contribution in [0.4, 0.5) is 0 Å². The lowest BCUT2D eigenvalue weighted by molar-refractivity contribution is -0.123. The van der Waals surface area contributed by atoms with Gasteiger partial charge in [-0.25, -0.2) is 0 Å². The van der Waals surface area contributed by atoms with Crippen LogP contribution >= 0.6 is 11.6 Å². The number of aliphatic hydroxyl groups excluding tert-OH is 1. The van der Waals surface area contributed by atoms with Crippen LogP contribution < -0.4 is 0 Å². The molecule has 0 saturated heterocycles. The normalized spacial score (nSPS) is 23.5. The summed E-state index contributed by atoms with van der Waals surface area (Å²) in [5, 5.41) is 10.3. The van der Waals surface area contributed by atoms with E-state index in [1.165, 1.54) is 0 Å². The predicted molar refractivity (Wildman–Crippen MR) is 91.2 cm³/mol. The minimum Gasteiger partial charge on any atom is -0.393 e. The summed E-state index contributed by atoms with van der Waals surface area (Å²) in [4.78, 5) is 12.6. The van der Waals surface area contributed by atoms with Crippen LogP contribution in [-0.4, -0.2) is 17.0 Å². The van der Waals surface area contributed by atoms with Crippen molar-refractivity contribution in [1.82, 2.24) is 0 Å². The van der Waals surface area contributed by atoms with Crippen LogP contribution in [-0.2, 0) is 4.79 Å². The molecule has 122 valence electrons. The molecule has 0 bridgehead atoms. The van der Waals surface area contributed by atoms with Gasteiger partial charge in [0, 0.05) is 16.9 Å². The van der Waals surface area contributed by atoms with Crippen molar-refractivity contribution in [2.75, 3.05) is 0 Å². The van der Waals surface area contributed by atoms with E-state index >= 15 is 0 Å². The Morgan fingerprint density at radius 3 is 2.32 bits per heavy atom. The maximum Gasteiger partial charge on any atom is 0.142 e. The summed E-state index contributed by atoms with van der Waals surface area (Å²) in [6.45, 7) is 3.95. The Morgan fingerprint density at radius 2 is 1.77 bits per heavy atom. The van der Waals surface area contributed by atoms with Crippen molar-refractivity contribution in [1.29, 1.82) is 0 Å². The number of benzene rings is 1. The molecule has 0 radical (unpaired) electrons. The van der Waals surface area contributed by atoms with Crippen LogP contribution in [0.2, 0.25) is 5.02 Å². The number of hydrogen-bond acceptors (Lipinski definition) is 2. The van der Waals surface area contributed by atoms with Crippen LogP contribution in [0.1, 0.15) is 63.9 Å². The van der Waals surface area contributed by atoms with E-state index in [9.17, 15) is 9.90 Å². The maximum absolute atomic E-state index is 12.6. The van der Waals surface area contributed by atoms with Crippen LogP contribution in [0.3, 0.4) is 0 Å². The summed E-state index contributed by atoms with van der Waals surface area (Å²) in [5.74, 6) is 0.995. The molecule has 0 aliphatic heterocycles. The van der Waals surface area contributed by atoms with Gasteiger partial charge in [-0.05, 0) is 62.1 Å². The van der Waals surface area contributed by atoms with Crippen molar-refractivity contribution < 1.29 is 9.90 Å². The number of carbonyl (C=O) groups is 1. The van der Waals surface area contributed by atoms with E-state index in [2.05, 4.69) is 0 Å². The molecule has 1 aliphatic carbocycles. The number of halogens is 1. The molecule has 0 heterocycles. The number of aliphatic hydroxyl groups is 1. The van der Waals surface area contributed by atoms with E-state index in [4.69, 9.17) is 11.6 Å². The molecule has 1 N–H and O–H groups in total. The summed E-state index contributed by atoms with van der Waals surface area (Å²) in [7, 11) is 0. The monoisotopic (exact) mass is 322 g/mol. The lowest BCUT2D eigenvalue weighted by Gasteiger charge is -2.27. The minimum absolute atomic E-state index is 0.0240. The standard InChI is InChI=1S/C19H27ClO2/c1-13(2)19(22)18(15-6-8-16(20)9-7-15)12-5-14-3-10-17(21)11-4-14/h6-9,13-14,17-18,21H,3-5,10-12H2,1-2H3. The summed E-state index contributed by atoms with van der Waals surface area (Å²) < 4.78 is 0. The molecule has 1 saturated carbocycles. The second-order valence-electron chi connectivity index (χ2n) is 6.91. The molecule has 1 aliphatic rings. The first kappa shape index (κ1) is 17.5. The molecular formula is C19H27ClO2. The fourth-order valence-electron chi connectivity index (χ4n) is 3.41. The predicted octanol–water partition coefficient (Wildman–Crippen LogP) is 4.98. The van der Waals surface area contributed by atoms with Gasteiger partial charge in [0.25, 0.3) is 0 Å². The van der Waals surface area contributed by atoms with Gasteiger partial charge in [-0.3, -0.25) is 4.79 Å². The highest BCUT2D eigenvalue weighted by molar-refractivity contribution is 6.30. The molecule has 2 nitrogen and oxygen atoms in total. The molecule has 0 aromatic heterocycles. The fraction of sp³-hybridized carbons (Fsp3) is 0.632. The second-order valence-corrected chi connectivity index (χ2v) is 7.35. The second kappa shape index (κ2) is 8.12. The molecule has 1 aromatic rings. The molecule has 1 fully saturated rings.